The van der Waals surface area contributed by atoms with E-state index in [1.165, 1.54) is 11.8 Å². The van der Waals surface area contributed by atoms with Crippen molar-refractivity contribution in [3.8, 4) is 0 Å². The Kier molecular flexibility index (Phi) is 4.71. The highest BCUT2D eigenvalue weighted by Crippen LogP contribution is 2.36. The van der Waals surface area contributed by atoms with Gasteiger partial charge in [0.25, 0.3) is 5.91 Å². The summed E-state index contributed by atoms with van der Waals surface area (Å²) in [5, 5.41) is 3.02. The molecule has 6 nitrogen and oxygen atoms in total. The van der Waals surface area contributed by atoms with Crippen LogP contribution in [-0.4, -0.2) is 47.8 Å². The Labute approximate surface area is 148 Å². The smallest absolute Gasteiger partial charge is 0.329 e. The van der Waals surface area contributed by atoms with E-state index in [0.717, 1.165) is 0 Å². The van der Waals surface area contributed by atoms with Crippen LogP contribution < -0.4 is 0 Å². The van der Waals surface area contributed by atoms with Crippen molar-refractivity contribution in [2.45, 2.75) is 19.1 Å². The number of alkyl halides is 3. The van der Waals surface area contributed by atoms with E-state index in [0.29, 0.717) is 22.7 Å². The molecule has 3 heterocycles. The lowest BCUT2D eigenvalue weighted by atomic mass is 10.1. The molecule has 1 amide bonds. The first-order valence-corrected chi connectivity index (χ1v) is 9.66. The number of aromatic nitrogens is 3. The van der Waals surface area contributed by atoms with E-state index < -0.39 is 33.9 Å². The normalized spacial score (nSPS) is 21.6. The van der Waals surface area contributed by atoms with Crippen molar-refractivity contribution in [3.63, 3.8) is 0 Å². The van der Waals surface area contributed by atoms with Gasteiger partial charge >= 0.3 is 6.18 Å². The minimum absolute atomic E-state index is 0.0334. The first-order chi connectivity index (χ1) is 11.7. The molecule has 2 atom stereocenters. The monoisotopic (exact) mass is 392 g/mol. The molecule has 0 spiro atoms. The number of amides is 1. The fourth-order valence-corrected chi connectivity index (χ4v) is 4.86. The van der Waals surface area contributed by atoms with Crippen molar-refractivity contribution in [2.24, 2.45) is 7.05 Å². The third-order valence-corrected chi connectivity index (χ3v) is 6.40. The molecule has 1 saturated heterocycles. The molecule has 136 valence electrons. The van der Waals surface area contributed by atoms with Gasteiger partial charge in [-0.1, -0.05) is 0 Å². The van der Waals surface area contributed by atoms with Crippen LogP contribution in [0, 0.1) is 6.92 Å². The lowest BCUT2D eigenvalue weighted by Crippen LogP contribution is -2.44. The molecule has 11 heteroatoms. The van der Waals surface area contributed by atoms with Crippen molar-refractivity contribution in [3.05, 3.63) is 33.5 Å². The van der Waals surface area contributed by atoms with Crippen LogP contribution in [0.15, 0.2) is 12.4 Å². The summed E-state index contributed by atoms with van der Waals surface area (Å²) in [7, 11) is 0.628. The van der Waals surface area contributed by atoms with Crippen LogP contribution >= 0.6 is 11.3 Å². The molecule has 0 aliphatic carbocycles. The van der Waals surface area contributed by atoms with Crippen LogP contribution in [-0.2, 0) is 24.0 Å². The predicted molar refractivity (Wildman–Crippen MR) is 86.7 cm³/mol. The minimum atomic E-state index is -4.58. The summed E-state index contributed by atoms with van der Waals surface area (Å²) in [4.78, 5) is 17.8. The van der Waals surface area contributed by atoms with E-state index >= 15 is 0 Å². The average Bonchev–Trinajstić information content (AvgIpc) is 3.12. The zero-order valence-electron chi connectivity index (χ0n) is 13.4. The second-order valence-electron chi connectivity index (χ2n) is 5.70. The highest BCUT2D eigenvalue weighted by Gasteiger charge is 2.39. The van der Waals surface area contributed by atoms with E-state index in [1.54, 1.807) is 24.1 Å². The van der Waals surface area contributed by atoms with Gasteiger partial charge in [0.15, 0.2) is 5.01 Å². The van der Waals surface area contributed by atoms with Crippen LogP contribution in [0.3, 0.4) is 0 Å². The van der Waals surface area contributed by atoms with Gasteiger partial charge in [0, 0.05) is 47.7 Å². The molecule has 0 N–H and O–H groups in total. The van der Waals surface area contributed by atoms with Crippen molar-refractivity contribution < 1.29 is 22.2 Å². The standard InChI is InChI=1S/C14H15F3N4O2S2/c1-8-11(24-13(19-8)14(15,16)17)12(22)21-3-4-25(23)7-10(21)9-5-18-20(2)6-9/h5-6,10H,3-4,7H2,1-2H3. The fraction of sp³-hybridized carbons (Fsp3) is 0.500. The van der Waals surface area contributed by atoms with E-state index in [9.17, 15) is 22.2 Å². The number of halogens is 3. The second-order valence-corrected chi connectivity index (χ2v) is 8.32. The largest absolute Gasteiger partial charge is 0.443 e. The van der Waals surface area contributed by atoms with Crippen molar-refractivity contribution in [1.29, 1.82) is 0 Å². The average molecular weight is 392 g/mol. The molecule has 2 aromatic rings. The third kappa shape index (κ3) is 3.61. The summed E-state index contributed by atoms with van der Waals surface area (Å²) >= 11 is 0.347. The number of thiazole rings is 1. The van der Waals surface area contributed by atoms with Gasteiger partial charge in [-0.15, -0.1) is 11.3 Å². The number of nitrogens with zero attached hydrogens (tertiary/aromatic N) is 4. The molecular weight excluding hydrogens is 377 g/mol. The van der Waals surface area contributed by atoms with Crippen molar-refractivity contribution >= 4 is 28.0 Å². The van der Waals surface area contributed by atoms with Gasteiger partial charge in [-0.2, -0.15) is 18.3 Å². The number of hydrogen-bond donors (Lipinski definition) is 0. The molecule has 0 radical (unpaired) electrons. The van der Waals surface area contributed by atoms with Crippen LogP contribution in [0.5, 0.6) is 0 Å². The molecule has 1 fully saturated rings. The van der Waals surface area contributed by atoms with Gasteiger partial charge in [0.05, 0.1) is 17.9 Å². The Morgan fingerprint density at radius 2 is 2.16 bits per heavy atom. The number of aryl methyl sites for hydroxylation is 2. The molecule has 1 aliphatic heterocycles. The van der Waals surface area contributed by atoms with Crippen molar-refractivity contribution in [2.75, 3.05) is 18.1 Å². The van der Waals surface area contributed by atoms with Gasteiger partial charge < -0.3 is 4.90 Å². The zero-order chi connectivity index (χ0) is 18.4. The topological polar surface area (TPSA) is 68.1 Å². The molecule has 0 saturated carbocycles. The first-order valence-electron chi connectivity index (χ1n) is 7.36. The van der Waals surface area contributed by atoms with Crippen LogP contribution in [0.4, 0.5) is 13.2 Å². The van der Waals surface area contributed by atoms with E-state index in [1.807, 2.05) is 0 Å². The lowest BCUT2D eigenvalue weighted by molar-refractivity contribution is -0.137. The highest BCUT2D eigenvalue weighted by molar-refractivity contribution is 7.85. The molecular formula is C14H15F3N4O2S2. The number of carbonyl (C=O) groups is 1. The predicted octanol–water partition coefficient (Wildman–Crippen LogP) is 2.15. The Morgan fingerprint density at radius 1 is 1.44 bits per heavy atom. The summed E-state index contributed by atoms with van der Waals surface area (Å²) < 4.78 is 52.1. The minimum Gasteiger partial charge on any atom is -0.329 e. The van der Waals surface area contributed by atoms with E-state index in [4.69, 9.17) is 0 Å². The first kappa shape index (κ1) is 18.1. The van der Waals surface area contributed by atoms with Crippen molar-refractivity contribution in [1.82, 2.24) is 19.7 Å². The molecule has 0 aromatic carbocycles. The summed E-state index contributed by atoms with van der Waals surface area (Å²) in [5.74, 6) is 0.0181. The van der Waals surface area contributed by atoms with Gasteiger partial charge in [-0.3, -0.25) is 13.7 Å². The maximum Gasteiger partial charge on any atom is 0.443 e. The summed E-state index contributed by atoms with van der Waals surface area (Å²) in [6, 6.07) is -0.480. The van der Waals surface area contributed by atoms with Crippen LogP contribution in [0.1, 0.15) is 32.0 Å². The fourth-order valence-electron chi connectivity index (χ4n) is 2.68. The maximum atomic E-state index is 12.9. The van der Waals surface area contributed by atoms with Crippen LogP contribution in [0.25, 0.3) is 0 Å². The highest BCUT2D eigenvalue weighted by atomic mass is 32.2. The molecule has 2 aromatic heterocycles. The number of hydrogen-bond acceptors (Lipinski definition) is 5. The zero-order valence-corrected chi connectivity index (χ0v) is 15.0. The number of rotatable bonds is 2. The van der Waals surface area contributed by atoms with E-state index in [-0.39, 0.29) is 22.9 Å². The Morgan fingerprint density at radius 3 is 2.72 bits per heavy atom. The third-order valence-electron chi connectivity index (χ3n) is 3.88. The quantitative estimate of drug-likeness (QED) is 0.785. The Hall–Kier alpha value is -1.75. The van der Waals surface area contributed by atoms with E-state index in [2.05, 4.69) is 10.1 Å². The van der Waals surface area contributed by atoms with Gasteiger partial charge in [-0.25, -0.2) is 4.98 Å². The molecule has 1 aliphatic rings. The Balaban J connectivity index is 1.94. The second kappa shape index (κ2) is 6.52. The molecule has 3 rings (SSSR count). The lowest BCUT2D eigenvalue weighted by Gasteiger charge is -2.34. The summed E-state index contributed by atoms with van der Waals surface area (Å²) in [6.07, 6.45) is -1.29. The SMILES string of the molecule is Cc1nc(C(F)(F)F)sc1C(=O)N1CCS(=O)CC1c1cnn(C)c1. The van der Waals surface area contributed by atoms with Gasteiger partial charge in [0.2, 0.25) is 0 Å². The van der Waals surface area contributed by atoms with Gasteiger partial charge in [-0.05, 0) is 6.92 Å². The molecule has 25 heavy (non-hydrogen) atoms. The van der Waals surface area contributed by atoms with Crippen LogP contribution in [0.2, 0.25) is 0 Å². The molecule has 2 unspecified atom stereocenters. The maximum absolute atomic E-state index is 12.9. The molecule has 0 bridgehead atoms. The summed E-state index contributed by atoms with van der Waals surface area (Å²) in [6.45, 7) is 1.60. The Bertz CT molecular complexity index is 830. The van der Waals surface area contributed by atoms with Gasteiger partial charge in [0.1, 0.15) is 4.88 Å². The number of carbonyl (C=O) groups excluding carboxylic acids is 1. The summed E-state index contributed by atoms with van der Waals surface area (Å²) in [5.41, 5.74) is 0.765.